The molecule has 0 nitrogen and oxygen atoms in total. The first-order valence-corrected chi connectivity index (χ1v) is 31.3. The van der Waals surface area contributed by atoms with E-state index in [9.17, 15) is 0 Å². The minimum Gasteiger partial charge on any atom is -0.738 e. The Morgan fingerprint density at radius 3 is 0.867 bits per heavy atom. The van der Waals surface area contributed by atoms with Crippen molar-refractivity contribution in [1.29, 1.82) is 0 Å². The third-order valence-electron chi connectivity index (χ3n) is 13.2. The number of benzene rings is 8. The van der Waals surface area contributed by atoms with Crippen molar-refractivity contribution < 1.29 is 17.1 Å². The van der Waals surface area contributed by atoms with Crippen LogP contribution in [0.25, 0.3) is 0 Å². The molecular weight excluding hydrogens is 1020 g/mol. The normalized spacial score (nSPS) is 11.9. The topological polar surface area (TPSA) is 0 Å². The van der Waals surface area contributed by atoms with Crippen LogP contribution in [-0.4, -0.2) is 0 Å². The third-order valence-corrected chi connectivity index (χ3v) is 23.5. The summed E-state index contributed by atoms with van der Waals surface area (Å²) in [6, 6.07) is 98.9. The smallest absolute Gasteiger partial charge is 0 e. The Bertz CT molecular complexity index is 2650. The molecule has 0 aliphatic carbocycles. The van der Waals surface area contributed by atoms with Crippen LogP contribution in [0.3, 0.4) is 0 Å². The van der Waals surface area contributed by atoms with Gasteiger partial charge in [-0.15, -0.1) is 13.2 Å². The SMILES string of the molecule is C=CCC(C)C[c-]1[cH-][c-](P(c2ccccc2)c2ccccc2)[c-](P(c2ccccc2)c2ccccc2)[cH-]1.C=CCC(C)C[c-]1cc(P(c2ccccc2)c2ccccc2)c(P(c2ccccc2)c2ccccc2)c1.[Fe]. The van der Waals surface area contributed by atoms with Gasteiger partial charge in [-0.25, -0.2) is 22.3 Å². The molecule has 0 amide bonds. The molecule has 2 atom stereocenters. The van der Waals surface area contributed by atoms with Gasteiger partial charge in [-0.2, -0.15) is 28.3 Å². The molecule has 0 radical (unpaired) electrons. The molecule has 0 fully saturated rings. The zero-order valence-electron chi connectivity index (χ0n) is 43.1. The Morgan fingerprint density at radius 1 is 0.373 bits per heavy atom. The average molecular weight is 1090 g/mol. The third kappa shape index (κ3) is 14.4. The van der Waals surface area contributed by atoms with Crippen molar-refractivity contribution >= 4 is 95.3 Å². The summed E-state index contributed by atoms with van der Waals surface area (Å²) < 4.78 is 0. The van der Waals surface area contributed by atoms with Gasteiger partial charge in [-0.3, -0.25) is 0 Å². The van der Waals surface area contributed by atoms with E-state index in [4.69, 9.17) is 0 Å². The van der Waals surface area contributed by atoms with Crippen molar-refractivity contribution in [3.05, 3.63) is 303 Å². The minimum absolute atomic E-state index is 0. The van der Waals surface area contributed by atoms with Gasteiger partial charge in [0.25, 0.3) is 0 Å². The van der Waals surface area contributed by atoms with Crippen LogP contribution in [0.1, 0.15) is 37.8 Å². The van der Waals surface area contributed by atoms with Gasteiger partial charge in [0.15, 0.2) is 0 Å². The van der Waals surface area contributed by atoms with Gasteiger partial charge in [0, 0.05) is 17.1 Å². The van der Waals surface area contributed by atoms with Crippen LogP contribution in [0.2, 0.25) is 0 Å². The molecule has 10 aromatic carbocycles. The zero-order chi connectivity index (χ0) is 50.9. The second-order valence-corrected chi connectivity index (χ2v) is 27.7. The van der Waals surface area contributed by atoms with E-state index in [2.05, 4.69) is 306 Å². The summed E-state index contributed by atoms with van der Waals surface area (Å²) in [6.45, 7) is 12.6. The van der Waals surface area contributed by atoms with Crippen molar-refractivity contribution in [2.24, 2.45) is 11.8 Å². The molecule has 0 N–H and O–H groups in total. The Balaban J connectivity index is 0.000000197. The van der Waals surface area contributed by atoms with Crippen LogP contribution in [0.4, 0.5) is 0 Å². The Morgan fingerprint density at radius 2 is 0.613 bits per heavy atom. The van der Waals surface area contributed by atoms with Crippen LogP contribution in [-0.2, 0) is 29.9 Å². The number of rotatable bonds is 20. The molecule has 380 valence electrons. The summed E-state index contributed by atoms with van der Waals surface area (Å²) in [6.07, 6.45) is 8.31. The van der Waals surface area contributed by atoms with E-state index >= 15 is 0 Å². The molecule has 0 spiro atoms. The van der Waals surface area contributed by atoms with Gasteiger partial charge in [0.1, 0.15) is 0 Å². The molecule has 0 aliphatic heterocycles. The molecule has 10 aromatic rings. The first-order valence-electron chi connectivity index (χ1n) is 25.9. The maximum atomic E-state index is 3.99. The van der Waals surface area contributed by atoms with Gasteiger partial charge < -0.3 is 28.3 Å². The standard InChI is InChI=1S/2C35H33P2.Fe/c2*1-3-16-28(2)25-29-26-34(36(30-17-8-4-9-18-30)31-19-10-5-11-20-31)35(27-29)37(32-21-12-6-13-22-32)33-23-14-7-15-24-33;/h2*3-15,17-24,26-28H,1,16,25H2,2H3;/q-5;-1;. The van der Waals surface area contributed by atoms with Crippen LogP contribution in [0, 0.1) is 11.8 Å². The van der Waals surface area contributed by atoms with Gasteiger partial charge in [-0.1, -0.05) is 318 Å². The molecule has 2 unspecified atom stereocenters. The Labute approximate surface area is 464 Å². The molecule has 75 heavy (non-hydrogen) atoms. The Kier molecular flexibility index (Phi) is 20.9. The first kappa shape index (κ1) is 55.4. The van der Waals surface area contributed by atoms with Crippen LogP contribution in [0.5, 0.6) is 0 Å². The monoisotopic (exact) mass is 1090 g/mol. The van der Waals surface area contributed by atoms with Crippen molar-refractivity contribution in [2.75, 3.05) is 0 Å². The van der Waals surface area contributed by atoms with E-state index in [0.717, 1.165) is 25.7 Å². The second-order valence-electron chi connectivity index (χ2n) is 19.0. The van der Waals surface area contributed by atoms with E-state index in [1.54, 1.807) is 0 Å². The van der Waals surface area contributed by atoms with Gasteiger partial charge >= 0.3 is 0 Å². The zero-order valence-corrected chi connectivity index (χ0v) is 47.8. The van der Waals surface area contributed by atoms with Crippen molar-refractivity contribution in [2.45, 2.75) is 39.5 Å². The van der Waals surface area contributed by atoms with Crippen LogP contribution < -0.4 is 63.7 Å². The molecule has 0 aliphatic rings. The Hall–Kier alpha value is -5.82. The molecule has 5 heteroatoms. The van der Waals surface area contributed by atoms with Gasteiger partial charge in [0.2, 0.25) is 0 Å². The quantitative estimate of drug-likeness (QED) is 0.0309. The van der Waals surface area contributed by atoms with Gasteiger partial charge in [-0.05, 0) is 40.0 Å². The number of hydrogen-bond acceptors (Lipinski definition) is 0. The van der Waals surface area contributed by atoms with Gasteiger partial charge in [0.05, 0.1) is 0 Å². The van der Waals surface area contributed by atoms with Crippen molar-refractivity contribution in [1.82, 2.24) is 0 Å². The minimum atomic E-state index is -0.696. The molecule has 0 saturated heterocycles. The predicted molar refractivity (Wildman–Crippen MR) is 334 cm³/mol. The van der Waals surface area contributed by atoms with E-state index < -0.39 is 31.7 Å². The summed E-state index contributed by atoms with van der Waals surface area (Å²) in [5, 5.41) is 17.2. The fourth-order valence-corrected chi connectivity index (χ4v) is 20.6. The molecular formula is C70H66FeP4-6. The number of allylic oxidation sites excluding steroid dienone is 2. The molecule has 0 saturated carbocycles. The fourth-order valence-electron chi connectivity index (χ4n) is 9.90. The van der Waals surface area contributed by atoms with Crippen molar-refractivity contribution in [3.8, 4) is 0 Å². The second kappa shape index (κ2) is 28.4. The summed E-state index contributed by atoms with van der Waals surface area (Å²) in [5.41, 5.74) is 2.89. The molecule has 10 rings (SSSR count). The van der Waals surface area contributed by atoms with Crippen molar-refractivity contribution in [3.63, 3.8) is 0 Å². The average Bonchev–Trinajstić information content (AvgIpc) is 4.05. The van der Waals surface area contributed by atoms with E-state index in [1.165, 1.54) is 74.8 Å². The predicted octanol–water partition coefficient (Wildman–Crippen LogP) is 13.4. The van der Waals surface area contributed by atoms with Crippen LogP contribution >= 0.6 is 31.7 Å². The summed E-state index contributed by atoms with van der Waals surface area (Å²) in [7, 11) is -2.78. The number of hydrogen-bond donors (Lipinski definition) is 0. The fraction of sp³-hybridized carbons (Fsp3) is 0.114. The largest absolute Gasteiger partial charge is 0.738 e. The molecule has 0 heterocycles. The van der Waals surface area contributed by atoms with E-state index in [0.29, 0.717) is 11.8 Å². The summed E-state index contributed by atoms with van der Waals surface area (Å²) in [5.74, 6) is 1.14. The molecule has 0 bridgehead atoms. The maximum Gasteiger partial charge on any atom is 0 e. The summed E-state index contributed by atoms with van der Waals surface area (Å²) in [4.78, 5) is 0. The summed E-state index contributed by atoms with van der Waals surface area (Å²) >= 11 is 0. The van der Waals surface area contributed by atoms with Crippen LogP contribution in [0.15, 0.2) is 292 Å². The molecule has 0 aromatic heterocycles. The van der Waals surface area contributed by atoms with E-state index in [-0.39, 0.29) is 17.1 Å². The van der Waals surface area contributed by atoms with E-state index in [1.807, 2.05) is 0 Å². The first-order chi connectivity index (χ1) is 36.5. The maximum absolute atomic E-state index is 3.99.